The minimum absolute atomic E-state index is 0.314. The molecule has 2 N–H and O–H groups in total. The number of fused-ring (bicyclic) bond motifs is 2. The number of unbranched alkanes of at least 4 members (excludes halogenated alkanes) is 6. The molecule has 0 aliphatic heterocycles. The number of hydrogen-bond acceptors (Lipinski definition) is 6. The normalized spacial score (nSPS) is 11.4. The zero-order valence-electron chi connectivity index (χ0n) is 18.7. The molecule has 7 nitrogen and oxygen atoms in total. The number of aryl methyl sites for hydroxylation is 1. The number of para-hydroxylation sites is 2. The van der Waals surface area contributed by atoms with Crippen molar-refractivity contribution in [3.8, 4) is 0 Å². The van der Waals surface area contributed by atoms with Crippen LogP contribution >= 0.6 is 0 Å². The Labute approximate surface area is 183 Å². The molecule has 0 saturated heterocycles. The fraction of sp³-hybridized carbons (Fsp3) is 0.542. The second-order valence-corrected chi connectivity index (χ2v) is 7.90. The van der Waals surface area contributed by atoms with E-state index in [9.17, 15) is 4.79 Å². The number of rotatable bonds is 13. The molecular formula is C24H34N4O3. The highest BCUT2D eigenvalue weighted by Gasteiger charge is 2.24. The van der Waals surface area contributed by atoms with Crippen LogP contribution in [0.2, 0.25) is 0 Å². The van der Waals surface area contributed by atoms with E-state index in [1.807, 2.05) is 28.8 Å². The second kappa shape index (κ2) is 11.6. The first kappa shape index (κ1) is 23.0. The largest absolute Gasteiger partial charge is 0.462 e. The maximum absolute atomic E-state index is 12.9. The van der Waals surface area contributed by atoms with Gasteiger partial charge in [0.05, 0.1) is 17.6 Å². The summed E-state index contributed by atoms with van der Waals surface area (Å²) in [5, 5.41) is 0. The third-order valence-corrected chi connectivity index (χ3v) is 5.51. The topological polar surface area (TPSA) is 92.3 Å². The van der Waals surface area contributed by atoms with Crippen LogP contribution in [0.3, 0.4) is 0 Å². The number of benzene rings is 1. The number of methoxy groups -OCH3 is 1. The number of ether oxygens (including phenoxy) is 2. The first-order valence-corrected chi connectivity index (χ1v) is 11.4. The molecule has 0 bridgehead atoms. The minimum Gasteiger partial charge on any atom is -0.462 e. The highest BCUT2D eigenvalue weighted by Crippen LogP contribution is 2.29. The smallest absolute Gasteiger partial charge is 0.344 e. The van der Waals surface area contributed by atoms with Crippen LogP contribution in [-0.4, -0.2) is 40.8 Å². The molecule has 7 heteroatoms. The Morgan fingerprint density at radius 3 is 2.35 bits per heavy atom. The van der Waals surface area contributed by atoms with Crippen molar-refractivity contribution >= 4 is 34.0 Å². The molecule has 31 heavy (non-hydrogen) atoms. The Bertz CT molecular complexity index is 999. The molecule has 3 aromatic rings. The molecule has 0 atom stereocenters. The van der Waals surface area contributed by atoms with Crippen LogP contribution in [0.1, 0.15) is 68.6 Å². The number of nitrogens with two attached hydrogens (primary N) is 1. The van der Waals surface area contributed by atoms with Crippen LogP contribution < -0.4 is 5.73 Å². The highest BCUT2D eigenvalue weighted by atomic mass is 16.5. The monoisotopic (exact) mass is 426 g/mol. The van der Waals surface area contributed by atoms with Gasteiger partial charge in [0.2, 0.25) is 0 Å². The highest BCUT2D eigenvalue weighted by molar-refractivity contribution is 6.08. The zero-order chi connectivity index (χ0) is 22.1. The lowest BCUT2D eigenvalue weighted by molar-refractivity contribution is 0.0501. The number of anilines is 1. The summed E-state index contributed by atoms with van der Waals surface area (Å²) >= 11 is 0. The minimum atomic E-state index is -0.427. The molecule has 0 amide bonds. The maximum atomic E-state index is 12.9. The lowest BCUT2D eigenvalue weighted by Gasteiger charge is -2.08. The van der Waals surface area contributed by atoms with Gasteiger partial charge in [-0.05, 0) is 25.0 Å². The molecule has 168 valence electrons. The van der Waals surface area contributed by atoms with Crippen LogP contribution in [0, 0.1) is 0 Å². The number of aromatic nitrogens is 3. The fourth-order valence-electron chi connectivity index (χ4n) is 3.81. The van der Waals surface area contributed by atoms with Crippen molar-refractivity contribution in [1.29, 1.82) is 0 Å². The quantitative estimate of drug-likeness (QED) is 0.302. The van der Waals surface area contributed by atoms with Crippen LogP contribution in [0.15, 0.2) is 24.3 Å². The summed E-state index contributed by atoms with van der Waals surface area (Å²) in [5.41, 5.74) is 9.31. The Morgan fingerprint density at radius 2 is 1.65 bits per heavy atom. The molecule has 0 spiro atoms. The van der Waals surface area contributed by atoms with E-state index in [-0.39, 0.29) is 0 Å². The summed E-state index contributed by atoms with van der Waals surface area (Å²) in [6, 6.07) is 7.61. The van der Waals surface area contributed by atoms with Crippen LogP contribution in [-0.2, 0) is 16.0 Å². The van der Waals surface area contributed by atoms with E-state index >= 15 is 0 Å². The SMILES string of the molecule is CCCCCCCCCOC(=O)c1c(N)n(CCCOC)c2nc3ccccc3nc12. The van der Waals surface area contributed by atoms with E-state index in [4.69, 9.17) is 25.2 Å². The van der Waals surface area contributed by atoms with Gasteiger partial charge >= 0.3 is 5.97 Å². The third-order valence-electron chi connectivity index (χ3n) is 5.51. The Kier molecular flexibility index (Phi) is 8.64. The Hall–Kier alpha value is -2.67. The molecule has 0 aliphatic rings. The van der Waals surface area contributed by atoms with Gasteiger partial charge in [-0.25, -0.2) is 14.8 Å². The van der Waals surface area contributed by atoms with Crippen LogP contribution in [0.4, 0.5) is 5.82 Å². The van der Waals surface area contributed by atoms with Gasteiger partial charge in [0, 0.05) is 20.3 Å². The van der Waals surface area contributed by atoms with Crippen molar-refractivity contribution in [1.82, 2.24) is 14.5 Å². The van der Waals surface area contributed by atoms with Gasteiger partial charge in [0.1, 0.15) is 16.9 Å². The third kappa shape index (κ3) is 5.73. The number of nitrogens with zero attached hydrogens (tertiary/aromatic N) is 3. The van der Waals surface area contributed by atoms with Gasteiger partial charge in [-0.1, -0.05) is 57.6 Å². The number of carbonyl (C=O) groups excluding carboxylic acids is 1. The molecule has 0 saturated carbocycles. The Balaban J connectivity index is 1.76. The van der Waals surface area contributed by atoms with Crippen molar-refractivity contribution in [3.63, 3.8) is 0 Å². The predicted molar refractivity (Wildman–Crippen MR) is 124 cm³/mol. The molecule has 0 unspecified atom stereocenters. The molecule has 3 rings (SSSR count). The van der Waals surface area contributed by atoms with Gasteiger partial charge < -0.3 is 19.8 Å². The van der Waals surface area contributed by atoms with Gasteiger partial charge in [-0.2, -0.15) is 0 Å². The standard InChI is InChI=1S/C24H34N4O3/c1-3-4-5-6-7-8-11-17-31-24(29)20-21-23(28(22(20)25)15-12-16-30-2)27-19-14-10-9-13-18(19)26-21/h9-10,13-14H,3-8,11-12,15-17,25H2,1-2H3. The average Bonchev–Trinajstić information content (AvgIpc) is 3.04. The summed E-state index contributed by atoms with van der Waals surface area (Å²) in [4.78, 5) is 22.4. The molecule has 2 aromatic heterocycles. The molecule has 0 aliphatic carbocycles. The van der Waals surface area contributed by atoms with Crippen molar-refractivity contribution < 1.29 is 14.3 Å². The molecule has 0 fully saturated rings. The van der Waals surface area contributed by atoms with Crippen molar-refractivity contribution in [2.45, 2.75) is 64.8 Å². The second-order valence-electron chi connectivity index (χ2n) is 7.90. The maximum Gasteiger partial charge on any atom is 0.344 e. The predicted octanol–water partition coefficient (Wildman–Crippen LogP) is 5.11. The zero-order valence-corrected chi connectivity index (χ0v) is 18.7. The van der Waals surface area contributed by atoms with Crippen molar-refractivity contribution in [2.24, 2.45) is 0 Å². The number of nitrogen functional groups attached to an aromatic ring is 1. The van der Waals surface area contributed by atoms with E-state index in [2.05, 4.69) is 6.92 Å². The summed E-state index contributed by atoms with van der Waals surface area (Å²) < 4.78 is 12.6. The van der Waals surface area contributed by atoms with Gasteiger partial charge in [-0.15, -0.1) is 0 Å². The molecule has 1 aromatic carbocycles. The van der Waals surface area contributed by atoms with Gasteiger partial charge in [-0.3, -0.25) is 0 Å². The number of hydrogen-bond donors (Lipinski definition) is 1. The van der Waals surface area contributed by atoms with Crippen molar-refractivity contribution in [2.75, 3.05) is 26.1 Å². The van der Waals surface area contributed by atoms with E-state index in [0.29, 0.717) is 42.3 Å². The summed E-state index contributed by atoms with van der Waals surface area (Å²) in [7, 11) is 1.66. The first-order valence-electron chi connectivity index (χ1n) is 11.4. The molecular weight excluding hydrogens is 392 g/mol. The van der Waals surface area contributed by atoms with Crippen molar-refractivity contribution in [3.05, 3.63) is 29.8 Å². The number of esters is 1. The van der Waals surface area contributed by atoms with Crippen LogP contribution in [0.5, 0.6) is 0 Å². The van der Waals surface area contributed by atoms with E-state index < -0.39 is 5.97 Å². The summed E-state index contributed by atoms with van der Waals surface area (Å²) in [6.45, 7) is 3.79. The lowest BCUT2D eigenvalue weighted by atomic mass is 10.1. The van der Waals surface area contributed by atoms with Crippen LogP contribution in [0.25, 0.3) is 22.2 Å². The van der Waals surface area contributed by atoms with E-state index in [1.54, 1.807) is 7.11 Å². The molecule has 0 radical (unpaired) electrons. The molecule has 2 heterocycles. The van der Waals surface area contributed by atoms with E-state index in [0.717, 1.165) is 30.3 Å². The average molecular weight is 427 g/mol. The summed E-state index contributed by atoms with van der Waals surface area (Å²) in [6.07, 6.45) is 8.92. The first-order chi connectivity index (χ1) is 15.2. The summed E-state index contributed by atoms with van der Waals surface area (Å²) in [5.74, 6) is -0.0745. The lowest BCUT2D eigenvalue weighted by Crippen LogP contribution is -2.11. The fourth-order valence-corrected chi connectivity index (χ4v) is 3.81. The van der Waals surface area contributed by atoms with E-state index in [1.165, 1.54) is 32.1 Å². The Morgan fingerprint density at radius 1 is 0.968 bits per heavy atom. The number of carbonyl (C=O) groups is 1. The van der Waals surface area contributed by atoms with Gasteiger partial charge in [0.15, 0.2) is 5.65 Å². The van der Waals surface area contributed by atoms with Gasteiger partial charge in [0.25, 0.3) is 0 Å².